The Morgan fingerprint density at radius 2 is 2.00 bits per heavy atom. The first-order valence-corrected chi connectivity index (χ1v) is 6.50. The molecule has 1 heterocycles. The Balaban J connectivity index is 2.06. The van der Waals surface area contributed by atoms with Crippen molar-refractivity contribution in [2.75, 3.05) is 6.54 Å². The molecule has 1 aliphatic heterocycles. The van der Waals surface area contributed by atoms with Crippen LogP contribution in [0.1, 0.15) is 43.4 Å². The highest BCUT2D eigenvalue weighted by Gasteiger charge is 2.52. The molecule has 0 bridgehead atoms. The molecule has 1 fully saturated rings. The van der Waals surface area contributed by atoms with Crippen LogP contribution in [-0.4, -0.2) is 17.5 Å². The summed E-state index contributed by atoms with van der Waals surface area (Å²) >= 11 is 0. The fourth-order valence-corrected chi connectivity index (χ4v) is 3.42. The van der Waals surface area contributed by atoms with Gasteiger partial charge in [-0.25, -0.2) is 0 Å². The highest BCUT2D eigenvalue weighted by molar-refractivity contribution is 5.42. The lowest BCUT2D eigenvalue weighted by atomic mass is 9.88. The molecule has 1 heteroatoms. The van der Waals surface area contributed by atoms with Gasteiger partial charge in [-0.05, 0) is 51.2 Å². The molecule has 0 aromatic heterocycles. The Morgan fingerprint density at radius 3 is 2.62 bits per heavy atom. The summed E-state index contributed by atoms with van der Waals surface area (Å²) in [6.07, 6.45) is 3.96. The minimum absolute atomic E-state index is 0.426. The molecule has 0 saturated heterocycles. The molecule has 3 rings (SSSR count). The highest BCUT2D eigenvalue weighted by atomic mass is 15.3. The van der Waals surface area contributed by atoms with Gasteiger partial charge in [0.25, 0.3) is 0 Å². The predicted molar refractivity (Wildman–Crippen MR) is 67.6 cm³/mol. The van der Waals surface area contributed by atoms with Crippen molar-refractivity contribution < 1.29 is 0 Å². The van der Waals surface area contributed by atoms with Gasteiger partial charge in [-0.1, -0.05) is 23.8 Å². The van der Waals surface area contributed by atoms with E-state index in [0.717, 1.165) is 0 Å². The molecule has 1 aromatic carbocycles. The van der Waals surface area contributed by atoms with E-state index in [4.69, 9.17) is 0 Å². The standard InChI is InChI=1S/C15H21N/c1-11(2)16-9-6-13-10-12(3)4-5-14(13)15(16)7-8-15/h4-5,10-11H,6-9H2,1-3H3. The van der Waals surface area contributed by atoms with Gasteiger partial charge in [0.2, 0.25) is 0 Å². The third kappa shape index (κ3) is 1.34. The van der Waals surface area contributed by atoms with E-state index in [1.807, 2.05) is 0 Å². The topological polar surface area (TPSA) is 3.24 Å². The molecule has 86 valence electrons. The van der Waals surface area contributed by atoms with Crippen molar-refractivity contribution in [3.63, 3.8) is 0 Å². The van der Waals surface area contributed by atoms with Gasteiger partial charge in [-0.2, -0.15) is 0 Å². The van der Waals surface area contributed by atoms with Gasteiger partial charge in [0, 0.05) is 18.1 Å². The molecule has 0 radical (unpaired) electrons. The Hall–Kier alpha value is -0.820. The Labute approximate surface area is 98.5 Å². The average Bonchev–Trinajstić information content (AvgIpc) is 2.98. The zero-order valence-electron chi connectivity index (χ0n) is 10.6. The van der Waals surface area contributed by atoms with Crippen molar-refractivity contribution in [3.8, 4) is 0 Å². The maximum absolute atomic E-state index is 2.71. The zero-order valence-corrected chi connectivity index (χ0v) is 10.6. The number of fused-ring (bicyclic) bond motifs is 2. The van der Waals surface area contributed by atoms with Crippen LogP contribution in [0.3, 0.4) is 0 Å². The average molecular weight is 215 g/mol. The van der Waals surface area contributed by atoms with Gasteiger partial charge >= 0.3 is 0 Å². The first-order chi connectivity index (χ1) is 7.63. The molecule has 1 aromatic rings. The van der Waals surface area contributed by atoms with Crippen molar-refractivity contribution in [1.29, 1.82) is 0 Å². The number of rotatable bonds is 1. The minimum atomic E-state index is 0.426. The summed E-state index contributed by atoms with van der Waals surface area (Å²) in [5.41, 5.74) is 5.06. The molecular formula is C15H21N. The maximum atomic E-state index is 2.71. The zero-order chi connectivity index (χ0) is 11.3. The van der Waals surface area contributed by atoms with Crippen molar-refractivity contribution in [2.45, 2.75) is 51.6 Å². The molecule has 0 unspecified atom stereocenters. The van der Waals surface area contributed by atoms with E-state index in [2.05, 4.69) is 43.9 Å². The van der Waals surface area contributed by atoms with Crippen molar-refractivity contribution in [1.82, 2.24) is 4.90 Å². The van der Waals surface area contributed by atoms with Crippen LogP contribution < -0.4 is 0 Å². The third-order valence-electron chi connectivity index (χ3n) is 4.28. The second kappa shape index (κ2) is 3.33. The number of hydrogen-bond acceptors (Lipinski definition) is 1. The van der Waals surface area contributed by atoms with Crippen LogP contribution in [0.15, 0.2) is 18.2 Å². The van der Waals surface area contributed by atoms with Crippen LogP contribution >= 0.6 is 0 Å². The normalized spacial score (nSPS) is 22.5. The fraction of sp³-hybridized carbons (Fsp3) is 0.600. The largest absolute Gasteiger partial charge is 0.291 e. The molecule has 0 atom stereocenters. The maximum Gasteiger partial charge on any atom is 0.0467 e. The molecule has 2 aliphatic rings. The van der Waals surface area contributed by atoms with Gasteiger partial charge in [0.05, 0.1) is 0 Å². The molecule has 1 spiro atoms. The summed E-state index contributed by atoms with van der Waals surface area (Å²) in [6, 6.07) is 7.74. The number of aryl methyl sites for hydroxylation is 1. The summed E-state index contributed by atoms with van der Waals surface area (Å²) in [5, 5.41) is 0. The van der Waals surface area contributed by atoms with Crippen LogP contribution in [0.5, 0.6) is 0 Å². The SMILES string of the molecule is Cc1ccc2c(c1)CCN(C(C)C)C21CC1. The smallest absolute Gasteiger partial charge is 0.0467 e. The number of benzene rings is 1. The van der Waals surface area contributed by atoms with E-state index in [9.17, 15) is 0 Å². The lowest BCUT2D eigenvalue weighted by Gasteiger charge is -2.41. The lowest BCUT2D eigenvalue weighted by molar-refractivity contribution is 0.123. The Morgan fingerprint density at radius 1 is 1.25 bits per heavy atom. The van der Waals surface area contributed by atoms with Crippen LogP contribution in [0, 0.1) is 6.92 Å². The van der Waals surface area contributed by atoms with Crippen LogP contribution in [-0.2, 0) is 12.0 Å². The number of hydrogen-bond donors (Lipinski definition) is 0. The summed E-state index contributed by atoms with van der Waals surface area (Å²) in [4.78, 5) is 2.71. The summed E-state index contributed by atoms with van der Waals surface area (Å²) in [7, 11) is 0. The molecule has 0 amide bonds. The monoisotopic (exact) mass is 215 g/mol. The molecule has 0 N–H and O–H groups in total. The molecular weight excluding hydrogens is 194 g/mol. The second-order valence-corrected chi connectivity index (χ2v) is 5.73. The van der Waals surface area contributed by atoms with Gasteiger partial charge in [0.1, 0.15) is 0 Å². The van der Waals surface area contributed by atoms with E-state index in [0.29, 0.717) is 11.6 Å². The van der Waals surface area contributed by atoms with E-state index in [-0.39, 0.29) is 0 Å². The van der Waals surface area contributed by atoms with E-state index in [1.54, 1.807) is 11.1 Å². The molecule has 1 aliphatic carbocycles. The summed E-state index contributed by atoms with van der Waals surface area (Å²) in [5.74, 6) is 0. The Kier molecular flexibility index (Phi) is 2.16. The Bertz CT molecular complexity index is 415. The first-order valence-electron chi connectivity index (χ1n) is 6.50. The van der Waals surface area contributed by atoms with E-state index < -0.39 is 0 Å². The van der Waals surface area contributed by atoms with Crippen molar-refractivity contribution in [3.05, 3.63) is 34.9 Å². The third-order valence-corrected chi connectivity index (χ3v) is 4.28. The molecule has 16 heavy (non-hydrogen) atoms. The summed E-state index contributed by atoms with van der Waals surface area (Å²) < 4.78 is 0. The van der Waals surface area contributed by atoms with Crippen LogP contribution in [0.25, 0.3) is 0 Å². The molecule has 1 saturated carbocycles. The fourth-order valence-electron chi connectivity index (χ4n) is 3.42. The van der Waals surface area contributed by atoms with Crippen LogP contribution in [0.2, 0.25) is 0 Å². The van der Waals surface area contributed by atoms with Crippen LogP contribution in [0.4, 0.5) is 0 Å². The van der Waals surface area contributed by atoms with Gasteiger partial charge in [-0.3, -0.25) is 4.90 Å². The van der Waals surface area contributed by atoms with E-state index >= 15 is 0 Å². The first kappa shape index (κ1) is 10.3. The van der Waals surface area contributed by atoms with E-state index in [1.165, 1.54) is 31.4 Å². The number of nitrogens with zero attached hydrogens (tertiary/aromatic N) is 1. The lowest BCUT2D eigenvalue weighted by Crippen LogP contribution is -2.45. The highest BCUT2D eigenvalue weighted by Crippen LogP contribution is 2.54. The minimum Gasteiger partial charge on any atom is -0.291 e. The van der Waals surface area contributed by atoms with Gasteiger partial charge in [0.15, 0.2) is 0 Å². The van der Waals surface area contributed by atoms with Gasteiger partial charge < -0.3 is 0 Å². The predicted octanol–water partition coefficient (Wildman–Crippen LogP) is 3.25. The quantitative estimate of drug-likeness (QED) is 0.695. The molecule has 1 nitrogen and oxygen atoms in total. The van der Waals surface area contributed by atoms with Gasteiger partial charge in [-0.15, -0.1) is 0 Å². The van der Waals surface area contributed by atoms with Crippen molar-refractivity contribution in [2.24, 2.45) is 0 Å². The van der Waals surface area contributed by atoms with Crippen molar-refractivity contribution >= 4 is 0 Å². The summed E-state index contributed by atoms with van der Waals surface area (Å²) in [6.45, 7) is 8.11. The second-order valence-electron chi connectivity index (χ2n) is 5.73.